The average molecular weight is 346 g/mol. The summed E-state index contributed by atoms with van der Waals surface area (Å²) in [5.41, 5.74) is 4.79. The Kier molecular flexibility index (Phi) is 3.91. The van der Waals surface area contributed by atoms with Gasteiger partial charge in [-0.3, -0.25) is 5.43 Å². The number of aromatic hydroxyl groups is 2. The van der Waals surface area contributed by atoms with Crippen LogP contribution in [0, 0.1) is 0 Å². The fraction of sp³-hybridized carbons (Fsp3) is 0. The van der Waals surface area contributed by atoms with Crippen molar-refractivity contribution in [1.29, 1.82) is 0 Å². The predicted octanol–water partition coefficient (Wildman–Crippen LogP) is 2.65. The molecule has 0 aliphatic rings. The Morgan fingerprint density at radius 1 is 0.962 bits per heavy atom. The van der Waals surface area contributed by atoms with Gasteiger partial charge in [-0.25, -0.2) is 0 Å². The quantitative estimate of drug-likeness (QED) is 0.387. The van der Waals surface area contributed by atoms with Crippen LogP contribution in [0.3, 0.4) is 0 Å². The number of nitrogens with one attached hydrogen (secondary N) is 1. The molecular formula is C18H14N6O2. The van der Waals surface area contributed by atoms with Crippen molar-refractivity contribution < 1.29 is 10.2 Å². The van der Waals surface area contributed by atoms with Gasteiger partial charge in [-0.2, -0.15) is 9.62 Å². The van der Waals surface area contributed by atoms with Crippen LogP contribution >= 0.6 is 0 Å². The molecule has 2 aromatic carbocycles. The van der Waals surface area contributed by atoms with E-state index in [2.05, 4.69) is 25.8 Å². The molecule has 128 valence electrons. The van der Waals surface area contributed by atoms with E-state index in [0.29, 0.717) is 22.9 Å². The van der Waals surface area contributed by atoms with Crippen LogP contribution in [-0.4, -0.2) is 36.2 Å². The third kappa shape index (κ3) is 3.03. The lowest BCUT2D eigenvalue weighted by Crippen LogP contribution is -2.00. The number of benzene rings is 2. The minimum absolute atomic E-state index is 0.0132. The summed E-state index contributed by atoms with van der Waals surface area (Å²) in [4.78, 5) is 0. The SMILES string of the molecule is Oc1ccc(/C=N\Nc2ccc3nnc(-c4ccccc4)n3n2)c(O)c1. The van der Waals surface area contributed by atoms with E-state index in [1.54, 1.807) is 22.7 Å². The lowest BCUT2D eigenvalue weighted by molar-refractivity contribution is 0.450. The van der Waals surface area contributed by atoms with Crippen molar-refractivity contribution in [2.45, 2.75) is 0 Å². The van der Waals surface area contributed by atoms with E-state index in [4.69, 9.17) is 0 Å². The van der Waals surface area contributed by atoms with E-state index in [1.165, 1.54) is 18.3 Å². The molecule has 0 aliphatic carbocycles. The van der Waals surface area contributed by atoms with Crippen molar-refractivity contribution in [3.05, 3.63) is 66.2 Å². The van der Waals surface area contributed by atoms with E-state index in [1.807, 2.05) is 30.3 Å². The summed E-state index contributed by atoms with van der Waals surface area (Å²) in [5.74, 6) is 1.04. The van der Waals surface area contributed by atoms with Crippen molar-refractivity contribution in [3.8, 4) is 22.9 Å². The molecule has 2 heterocycles. The first kappa shape index (κ1) is 15.6. The van der Waals surface area contributed by atoms with Crippen LogP contribution in [0.15, 0.2) is 65.8 Å². The number of phenols is 2. The number of hydrogen-bond donors (Lipinski definition) is 3. The van der Waals surface area contributed by atoms with Crippen molar-refractivity contribution in [2.75, 3.05) is 5.43 Å². The molecule has 26 heavy (non-hydrogen) atoms. The highest BCUT2D eigenvalue weighted by Gasteiger charge is 2.09. The highest BCUT2D eigenvalue weighted by atomic mass is 16.3. The summed E-state index contributed by atoms with van der Waals surface area (Å²) in [5, 5.41) is 35.8. The zero-order valence-electron chi connectivity index (χ0n) is 13.5. The Balaban J connectivity index is 1.60. The molecule has 0 saturated carbocycles. The lowest BCUT2D eigenvalue weighted by Gasteiger charge is -2.03. The van der Waals surface area contributed by atoms with Crippen LogP contribution in [-0.2, 0) is 0 Å². The summed E-state index contributed by atoms with van der Waals surface area (Å²) in [6, 6.07) is 17.4. The highest BCUT2D eigenvalue weighted by Crippen LogP contribution is 2.21. The Morgan fingerprint density at radius 2 is 1.81 bits per heavy atom. The molecule has 0 bridgehead atoms. The fourth-order valence-corrected chi connectivity index (χ4v) is 2.42. The number of rotatable bonds is 4. The van der Waals surface area contributed by atoms with Crippen molar-refractivity contribution >= 4 is 17.7 Å². The van der Waals surface area contributed by atoms with Crippen molar-refractivity contribution in [1.82, 2.24) is 19.8 Å². The fourth-order valence-electron chi connectivity index (χ4n) is 2.42. The van der Waals surface area contributed by atoms with Gasteiger partial charge in [0.15, 0.2) is 17.3 Å². The van der Waals surface area contributed by atoms with Crippen LogP contribution in [0.1, 0.15) is 5.56 Å². The number of phenolic OH excluding ortho intramolecular Hbond substituents is 2. The molecule has 0 unspecified atom stereocenters. The minimum Gasteiger partial charge on any atom is -0.508 e. The van der Waals surface area contributed by atoms with Gasteiger partial charge in [-0.15, -0.1) is 15.3 Å². The van der Waals surface area contributed by atoms with Gasteiger partial charge in [0, 0.05) is 17.2 Å². The molecule has 4 aromatic rings. The highest BCUT2D eigenvalue weighted by molar-refractivity contribution is 5.84. The van der Waals surface area contributed by atoms with Gasteiger partial charge in [0.1, 0.15) is 11.5 Å². The molecule has 0 fully saturated rings. The third-order valence-electron chi connectivity index (χ3n) is 3.69. The summed E-state index contributed by atoms with van der Waals surface area (Å²) in [6.45, 7) is 0. The topological polar surface area (TPSA) is 108 Å². The van der Waals surface area contributed by atoms with Crippen LogP contribution in [0.4, 0.5) is 5.82 Å². The van der Waals surface area contributed by atoms with Crippen LogP contribution in [0.5, 0.6) is 11.5 Å². The lowest BCUT2D eigenvalue weighted by atomic mass is 10.2. The van der Waals surface area contributed by atoms with Crippen LogP contribution in [0.2, 0.25) is 0 Å². The summed E-state index contributed by atoms with van der Waals surface area (Å²) < 4.78 is 1.63. The molecule has 0 saturated heterocycles. The first-order chi connectivity index (χ1) is 12.7. The average Bonchev–Trinajstić information content (AvgIpc) is 3.07. The maximum Gasteiger partial charge on any atom is 0.185 e. The van der Waals surface area contributed by atoms with E-state index < -0.39 is 0 Å². The molecule has 0 atom stereocenters. The van der Waals surface area contributed by atoms with Gasteiger partial charge in [-0.1, -0.05) is 30.3 Å². The number of anilines is 1. The maximum atomic E-state index is 9.75. The smallest absolute Gasteiger partial charge is 0.185 e. The van der Waals surface area contributed by atoms with E-state index in [0.717, 1.165) is 5.56 Å². The minimum atomic E-state index is -0.0656. The largest absolute Gasteiger partial charge is 0.508 e. The second-order valence-corrected chi connectivity index (χ2v) is 5.49. The van der Waals surface area contributed by atoms with Gasteiger partial charge in [0.25, 0.3) is 0 Å². The van der Waals surface area contributed by atoms with Crippen molar-refractivity contribution in [3.63, 3.8) is 0 Å². The Morgan fingerprint density at radius 3 is 2.62 bits per heavy atom. The monoisotopic (exact) mass is 346 g/mol. The molecule has 4 rings (SSSR count). The zero-order chi connectivity index (χ0) is 17.9. The molecule has 8 nitrogen and oxygen atoms in total. The molecule has 0 spiro atoms. The van der Waals surface area contributed by atoms with Gasteiger partial charge in [-0.05, 0) is 24.3 Å². The normalized spacial score (nSPS) is 11.2. The molecule has 0 aliphatic heterocycles. The number of nitrogens with zero attached hydrogens (tertiary/aromatic N) is 5. The molecular weight excluding hydrogens is 332 g/mol. The van der Waals surface area contributed by atoms with Gasteiger partial charge < -0.3 is 10.2 Å². The molecule has 2 aromatic heterocycles. The predicted molar refractivity (Wildman–Crippen MR) is 97.2 cm³/mol. The van der Waals surface area contributed by atoms with Crippen LogP contribution in [0.25, 0.3) is 17.0 Å². The van der Waals surface area contributed by atoms with Crippen LogP contribution < -0.4 is 5.43 Å². The molecule has 0 amide bonds. The Hall–Kier alpha value is -3.94. The first-order valence-electron chi connectivity index (χ1n) is 7.80. The van der Waals surface area contributed by atoms with E-state index in [9.17, 15) is 10.2 Å². The number of hydrazone groups is 1. The molecule has 0 radical (unpaired) electrons. The molecule has 3 N–H and O–H groups in total. The second-order valence-electron chi connectivity index (χ2n) is 5.49. The van der Waals surface area contributed by atoms with Gasteiger partial charge >= 0.3 is 0 Å². The van der Waals surface area contributed by atoms with E-state index in [-0.39, 0.29) is 11.5 Å². The third-order valence-corrected chi connectivity index (χ3v) is 3.69. The van der Waals surface area contributed by atoms with Crippen molar-refractivity contribution in [2.24, 2.45) is 5.10 Å². The Labute approximate surface area is 148 Å². The summed E-state index contributed by atoms with van der Waals surface area (Å²) >= 11 is 0. The molecule has 8 heteroatoms. The standard InChI is InChI=1S/C18H14N6O2/c25-14-7-6-13(15(26)10-14)11-19-20-16-8-9-17-21-22-18(24(17)23-16)12-4-2-1-3-5-12/h1-11,25-26H,(H,20,23)/b19-11-. The van der Waals surface area contributed by atoms with Gasteiger partial charge in [0.05, 0.1) is 6.21 Å². The summed E-state index contributed by atoms with van der Waals surface area (Å²) in [7, 11) is 0. The number of aromatic nitrogens is 4. The maximum absolute atomic E-state index is 9.75. The number of hydrogen-bond acceptors (Lipinski definition) is 7. The summed E-state index contributed by atoms with van der Waals surface area (Å²) in [6.07, 6.45) is 1.44. The number of fused-ring (bicyclic) bond motifs is 1. The first-order valence-corrected chi connectivity index (χ1v) is 7.80. The van der Waals surface area contributed by atoms with Gasteiger partial charge in [0.2, 0.25) is 0 Å². The zero-order valence-corrected chi connectivity index (χ0v) is 13.5. The van der Waals surface area contributed by atoms with E-state index >= 15 is 0 Å². The Bertz CT molecular complexity index is 1090. The second kappa shape index (κ2) is 6.52.